The van der Waals surface area contributed by atoms with E-state index in [2.05, 4.69) is 10.6 Å². The van der Waals surface area contributed by atoms with E-state index in [1.807, 2.05) is 37.3 Å². The van der Waals surface area contributed by atoms with Crippen LogP contribution < -0.4 is 10.6 Å². The Morgan fingerprint density at radius 2 is 1.56 bits per heavy atom. The Bertz CT molecular complexity index is 1250. The van der Waals surface area contributed by atoms with Crippen LogP contribution in [0.4, 0.5) is 26.3 Å². The third kappa shape index (κ3) is 6.86. The monoisotopic (exact) mass is 612 g/mol. The Balaban J connectivity index is 1.62. The largest absolute Gasteiger partial charge is 0.481 e. The highest BCUT2D eigenvalue weighted by molar-refractivity contribution is 5.84. The van der Waals surface area contributed by atoms with Crippen molar-refractivity contribution in [2.45, 2.75) is 82.6 Å². The molecule has 1 heterocycles. The van der Waals surface area contributed by atoms with E-state index >= 15 is 0 Å². The van der Waals surface area contributed by atoms with Crippen molar-refractivity contribution in [2.75, 3.05) is 13.1 Å². The number of amides is 1. The minimum absolute atomic E-state index is 0.0523. The third-order valence-electron chi connectivity index (χ3n) is 9.64. The second-order valence-electron chi connectivity index (χ2n) is 12.1. The van der Waals surface area contributed by atoms with Crippen LogP contribution >= 0.6 is 0 Å². The molecule has 2 aliphatic rings. The summed E-state index contributed by atoms with van der Waals surface area (Å²) in [6.45, 7) is 4.46. The fraction of sp³-hybridized carbons (Fsp3) is 0.562. The first-order chi connectivity index (χ1) is 20.1. The number of hydrogen-bond acceptors (Lipinski definition) is 3. The molecule has 2 unspecified atom stereocenters. The summed E-state index contributed by atoms with van der Waals surface area (Å²) in [5, 5.41) is 16.6. The molecule has 1 saturated heterocycles. The molecular weight excluding hydrogens is 574 g/mol. The predicted molar refractivity (Wildman–Crippen MR) is 149 cm³/mol. The van der Waals surface area contributed by atoms with E-state index in [9.17, 15) is 41.0 Å². The molecule has 5 nitrogen and oxygen atoms in total. The Labute approximate surface area is 247 Å². The highest BCUT2D eigenvalue weighted by Crippen LogP contribution is 2.50. The normalized spacial score (nSPS) is 26.4. The lowest BCUT2D eigenvalue weighted by molar-refractivity contribution is -0.157. The van der Waals surface area contributed by atoms with Gasteiger partial charge in [0.2, 0.25) is 5.91 Å². The molecule has 3 atom stereocenters. The first-order valence-corrected chi connectivity index (χ1v) is 14.7. The van der Waals surface area contributed by atoms with E-state index in [4.69, 9.17) is 0 Å². The molecular formula is C32H38F6N2O3. The number of aliphatic carboxylic acids is 1. The zero-order chi connectivity index (χ0) is 31.6. The first-order valence-electron chi connectivity index (χ1n) is 14.7. The van der Waals surface area contributed by atoms with Crippen LogP contribution in [0, 0.1) is 17.3 Å². The maximum atomic E-state index is 13.6. The highest BCUT2D eigenvalue weighted by atomic mass is 19.4. The summed E-state index contributed by atoms with van der Waals surface area (Å²) < 4.78 is 80.9. The number of nitrogens with one attached hydrogen (secondary N) is 2. The van der Waals surface area contributed by atoms with Crippen LogP contribution in [0.5, 0.6) is 0 Å². The Morgan fingerprint density at radius 1 is 0.977 bits per heavy atom. The summed E-state index contributed by atoms with van der Waals surface area (Å²) in [6, 6.07) is 10.4. The minimum Gasteiger partial charge on any atom is -0.481 e. The number of hydrogen-bond donors (Lipinski definition) is 3. The second-order valence-corrected chi connectivity index (χ2v) is 12.1. The maximum Gasteiger partial charge on any atom is 0.416 e. The second kappa shape index (κ2) is 12.5. The van der Waals surface area contributed by atoms with Crippen molar-refractivity contribution in [3.8, 4) is 0 Å². The van der Waals surface area contributed by atoms with Crippen molar-refractivity contribution >= 4 is 11.9 Å². The smallest absolute Gasteiger partial charge is 0.416 e. The molecule has 2 aromatic carbocycles. The summed E-state index contributed by atoms with van der Waals surface area (Å²) in [5.74, 6) is -2.81. The standard InChI is InChI=1S/C32H38F6N2O3/c1-3-26(29(28(42)43)12-7-15-39-19-29)21-10-13-30(14-11-21,23-8-5-4-6-9-23)40-27(41)20(2)22-16-24(31(33,34)35)18-25(17-22)32(36,37)38/h4-6,8-9,16-18,20-21,26,39H,3,7,10-15,19H2,1-2H3,(H,40,41)(H,42,43)/t20?,21?,26?,29-,30?/m1/s1. The molecule has 1 aliphatic heterocycles. The minimum atomic E-state index is -5.02. The van der Waals surface area contributed by atoms with Crippen molar-refractivity contribution in [2.24, 2.45) is 17.3 Å². The van der Waals surface area contributed by atoms with Crippen molar-refractivity contribution in [1.29, 1.82) is 0 Å². The summed E-state index contributed by atoms with van der Waals surface area (Å²) in [5.41, 5.74) is -4.32. The number of rotatable bonds is 8. The summed E-state index contributed by atoms with van der Waals surface area (Å²) >= 11 is 0. The Morgan fingerprint density at radius 3 is 2.02 bits per heavy atom. The van der Waals surface area contributed by atoms with E-state index in [1.165, 1.54) is 6.92 Å². The number of carbonyl (C=O) groups is 2. The molecule has 43 heavy (non-hydrogen) atoms. The molecule has 0 spiro atoms. The number of halogens is 6. The van der Waals surface area contributed by atoms with Crippen molar-refractivity contribution in [3.05, 3.63) is 70.8 Å². The van der Waals surface area contributed by atoms with Crippen molar-refractivity contribution in [1.82, 2.24) is 10.6 Å². The number of carbonyl (C=O) groups excluding carboxylic acids is 1. The molecule has 0 bridgehead atoms. The molecule has 1 saturated carbocycles. The molecule has 1 amide bonds. The van der Waals surface area contributed by atoms with Gasteiger partial charge in [-0.15, -0.1) is 0 Å². The first kappa shape index (κ1) is 32.8. The quantitative estimate of drug-likeness (QED) is 0.270. The van der Waals surface area contributed by atoms with Gasteiger partial charge in [0.25, 0.3) is 0 Å². The van der Waals surface area contributed by atoms with Gasteiger partial charge in [0.05, 0.1) is 28.0 Å². The van der Waals surface area contributed by atoms with Gasteiger partial charge >= 0.3 is 18.3 Å². The maximum absolute atomic E-state index is 13.6. The predicted octanol–water partition coefficient (Wildman–Crippen LogP) is 7.51. The lowest BCUT2D eigenvalue weighted by Crippen LogP contribution is -2.54. The average Bonchev–Trinajstić information content (AvgIpc) is 2.97. The van der Waals surface area contributed by atoms with Crippen LogP contribution in [-0.2, 0) is 27.5 Å². The molecule has 2 aromatic rings. The lowest BCUT2D eigenvalue weighted by atomic mass is 9.59. The summed E-state index contributed by atoms with van der Waals surface area (Å²) in [4.78, 5) is 26.2. The van der Waals surface area contributed by atoms with Gasteiger partial charge in [0.1, 0.15) is 0 Å². The van der Waals surface area contributed by atoms with Crippen LogP contribution in [-0.4, -0.2) is 30.1 Å². The van der Waals surface area contributed by atoms with Crippen molar-refractivity contribution < 1.29 is 41.0 Å². The van der Waals surface area contributed by atoms with Crippen LogP contribution in [0.1, 0.15) is 87.0 Å². The van der Waals surface area contributed by atoms with Gasteiger partial charge in [-0.2, -0.15) is 26.3 Å². The fourth-order valence-electron chi connectivity index (χ4n) is 7.26. The van der Waals surface area contributed by atoms with Gasteiger partial charge in [-0.25, -0.2) is 0 Å². The molecule has 2 fully saturated rings. The van der Waals surface area contributed by atoms with E-state index in [-0.39, 0.29) is 23.5 Å². The fourth-order valence-corrected chi connectivity index (χ4v) is 7.26. The van der Waals surface area contributed by atoms with Gasteiger partial charge in [0.15, 0.2) is 0 Å². The molecule has 3 N–H and O–H groups in total. The number of carboxylic acids is 1. The Kier molecular flexibility index (Phi) is 9.54. The van der Waals surface area contributed by atoms with E-state index in [0.717, 1.165) is 18.5 Å². The zero-order valence-electron chi connectivity index (χ0n) is 24.2. The van der Waals surface area contributed by atoms with E-state index < -0.39 is 52.2 Å². The summed E-state index contributed by atoms with van der Waals surface area (Å²) in [6.07, 6.45) is -5.89. The van der Waals surface area contributed by atoms with E-state index in [0.29, 0.717) is 57.2 Å². The van der Waals surface area contributed by atoms with Crippen LogP contribution in [0.25, 0.3) is 0 Å². The van der Waals surface area contributed by atoms with Crippen molar-refractivity contribution in [3.63, 3.8) is 0 Å². The van der Waals surface area contributed by atoms with Gasteiger partial charge < -0.3 is 15.7 Å². The van der Waals surface area contributed by atoms with Gasteiger partial charge in [-0.05, 0) is 93.2 Å². The number of benzene rings is 2. The average molecular weight is 613 g/mol. The highest BCUT2D eigenvalue weighted by Gasteiger charge is 2.51. The summed E-state index contributed by atoms with van der Waals surface area (Å²) in [7, 11) is 0. The lowest BCUT2D eigenvalue weighted by Gasteiger charge is -2.48. The SMILES string of the molecule is CCC(C1CCC(NC(=O)C(C)c2cc(C(F)(F)F)cc(C(F)(F)F)c2)(c2ccccc2)CC1)[C@@]1(C(=O)O)CCCNC1. The number of alkyl halides is 6. The molecule has 0 aromatic heterocycles. The third-order valence-corrected chi connectivity index (χ3v) is 9.64. The topological polar surface area (TPSA) is 78.4 Å². The molecule has 236 valence electrons. The number of piperidine rings is 1. The van der Waals surface area contributed by atoms with Crippen LogP contribution in [0.2, 0.25) is 0 Å². The van der Waals surface area contributed by atoms with E-state index in [1.54, 1.807) is 0 Å². The molecule has 0 radical (unpaired) electrons. The number of carboxylic acid groups (broad SMARTS) is 1. The van der Waals surface area contributed by atoms with Gasteiger partial charge in [-0.1, -0.05) is 43.7 Å². The molecule has 4 rings (SSSR count). The van der Waals surface area contributed by atoms with Crippen LogP contribution in [0.3, 0.4) is 0 Å². The van der Waals surface area contributed by atoms with Gasteiger partial charge in [-0.3, -0.25) is 9.59 Å². The molecule has 11 heteroatoms. The zero-order valence-corrected chi connectivity index (χ0v) is 24.2. The Hall–Kier alpha value is -3.08. The van der Waals surface area contributed by atoms with Crippen LogP contribution in [0.15, 0.2) is 48.5 Å². The molecule has 1 aliphatic carbocycles. The van der Waals surface area contributed by atoms with Gasteiger partial charge in [0, 0.05) is 6.54 Å².